The first-order chi connectivity index (χ1) is 16.2. The van der Waals surface area contributed by atoms with Gasteiger partial charge in [-0.15, -0.1) is 0 Å². The van der Waals surface area contributed by atoms with Crippen LogP contribution < -0.4 is 10.6 Å². The van der Waals surface area contributed by atoms with Crippen LogP contribution in [0, 0.1) is 0 Å². The van der Waals surface area contributed by atoms with Crippen LogP contribution in [-0.4, -0.2) is 47.4 Å². The molecule has 6 nitrogen and oxygen atoms in total. The van der Waals surface area contributed by atoms with Crippen molar-refractivity contribution in [2.45, 2.75) is 109 Å². The van der Waals surface area contributed by atoms with Gasteiger partial charge in [-0.3, -0.25) is 19.5 Å². The van der Waals surface area contributed by atoms with E-state index in [4.69, 9.17) is 0 Å². The van der Waals surface area contributed by atoms with Crippen LogP contribution in [0.1, 0.15) is 102 Å². The topological polar surface area (TPSA) is 74.3 Å². The average molecular weight is 459 g/mol. The van der Waals surface area contributed by atoms with Crippen LogP contribution in [0.2, 0.25) is 0 Å². The van der Waals surface area contributed by atoms with Gasteiger partial charge in [0, 0.05) is 38.4 Å². The van der Waals surface area contributed by atoms with Gasteiger partial charge in [0.05, 0.1) is 6.04 Å². The van der Waals surface area contributed by atoms with Crippen LogP contribution in [-0.2, 0) is 16.1 Å². The summed E-state index contributed by atoms with van der Waals surface area (Å²) in [5.41, 5.74) is 1.18. The summed E-state index contributed by atoms with van der Waals surface area (Å²) >= 11 is 0. The molecule has 1 aliphatic rings. The van der Waals surface area contributed by atoms with Gasteiger partial charge in [0.25, 0.3) is 0 Å². The molecule has 2 N–H and O–H groups in total. The number of carbonyl (C=O) groups is 2. The Bertz CT molecular complexity index is 653. The van der Waals surface area contributed by atoms with E-state index in [2.05, 4.69) is 27.4 Å². The maximum absolute atomic E-state index is 12.6. The second-order valence-corrected chi connectivity index (χ2v) is 9.41. The Balaban J connectivity index is 1.44. The van der Waals surface area contributed by atoms with E-state index < -0.39 is 0 Å². The molecule has 0 radical (unpaired) electrons. The van der Waals surface area contributed by atoms with Gasteiger partial charge in [-0.2, -0.15) is 0 Å². The average Bonchev–Trinajstić information content (AvgIpc) is 3.29. The summed E-state index contributed by atoms with van der Waals surface area (Å²) in [6, 6.07) is 3.94. The van der Waals surface area contributed by atoms with E-state index in [1.807, 2.05) is 12.1 Å². The van der Waals surface area contributed by atoms with Crippen molar-refractivity contribution >= 4 is 11.8 Å². The Morgan fingerprint density at radius 3 is 2.24 bits per heavy atom. The molecule has 0 bridgehead atoms. The molecular formula is C27H46N4O2. The molecule has 2 heterocycles. The zero-order valence-electron chi connectivity index (χ0n) is 20.8. The first-order valence-electron chi connectivity index (χ1n) is 13.4. The van der Waals surface area contributed by atoms with Crippen molar-refractivity contribution in [3.63, 3.8) is 0 Å². The highest BCUT2D eigenvalue weighted by Crippen LogP contribution is 2.20. The number of rotatable bonds is 18. The van der Waals surface area contributed by atoms with Crippen LogP contribution in [0.5, 0.6) is 0 Å². The van der Waals surface area contributed by atoms with Crippen LogP contribution in [0.4, 0.5) is 0 Å². The number of hydrogen-bond acceptors (Lipinski definition) is 4. The second kappa shape index (κ2) is 17.5. The van der Waals surface area contributed by atoms with Gasteiger partial charge in [-0.05, 0) is 49.9 Å². The smallest absolute Gasteiger partial charge is 0.237 e. The predicted molar refractivity (Wildman–Crippen MR) is 135 cm³/mol. The molecule has 2 rings (SSSR count). The van der Waals surface area contributed by atoms with Crippen molar-refractivity contribution in [2.75, 3.05) is 19.6 Å². The summed E-state index contributed by atoms with van der Waals surface area (Å²) < 4.78 is 0. The third-order valence-electron chi connectivity index (χ3n) is 6.53. The number of aromatic nitrogens is 1. The number of hydrogen-bond donors (Lipinski definition) is 2. The maximum Gasteiger partial charge on any atom is 0.237 e. The zero-order valence-corrected chi connectivity index (χ0v) is 20.8. The number of pyridine rings is 1. The molecule has 2 amide bonds. The lowest BCUT2D eigenvalue weighted by molar-refractivity contribution is -0.126. The molecule has 1 atom stereocenters. The Hall–Kier alpha value is -1.95. The molecular weight excluding hydrogens is 412 g/mol. The van der Waals surface area contributed by atoms with Crippen LogP contribution in [0.3, 0.4) is 0 Å². The quantitative estimate of drug-likeness (QED) is 0.304. The molecule has 1 unspecified atom stereocenters. The van der Waals surface area contributed by atoms with Crippen molar-refractivity contribution in [2.24, 2.45) is 0 Å². The minimum Gasteiger partial charge on any atom is -0.356 e. The number of amides is 2. The normalized spacial score (nSPS) is 16.1. The van der Waals surface area contributed by atoms with Gasteiger partial charge in [-0.25, -0.2) is 0 Å². The van der Waals surface area contributed by atoms with Crippen molar-refractivity contribution in [1.29, 1.82) is 0 Å². The fraction of sp³-hybridized carbons (Fsp3) is 0.741. The molecule has 1 aromatic heterocycles. The number of nitrogens with one attached hydrogen (secondary N) is 2. The highest BCUT2D eigenvalue weighted by Gasteiger charge is 2.30. The number of carbonyl (C=O) groups excluding carboxylic acids is 2. The van der Waals surface area contributed by atoms with E-state index in [1.54, 1.807) is 12.4 Å². The summed E-state index contributed by atoms with van der Waals surface area (Å²) in [6.07, 6.45) is 19.7. The van der Waals surface area contributed by atoms with Crippen molar-refractivity contribution < 1.29 is 9.59 Å². The first kappa shape index (κ1) is 27.3. The third-order valence-corrected chi connectivity index (χ3v) is 6.53. The fourth-order valence-corrected chi connectivity index (χ4v) is 4.54. The molecule has 0 aliphatic carbocycles. The van der Waals surface area contributed by atoms with Gasteiger partial charge in [0.2, 0.25) is 11.8 Å². The van der Waals surface area contributed by atoms with Crippen LogP contribution in [0.25, 0.3) is 0 Å². The molecule has 6 heteroatoms. The molecule has 33 heavy (non-hydrogen) atoms. The minimum absolute atomic E-state index is 0.0664. The molecule has 1 aromatic rings. The maximum atomic E-state index is 12.6. The lowest BCUT2D eigenvalue weighted by Gasteiger charge is -2.23. The van der Waals surface area contributed by atoms with Gasteiger partial charge in [0.1, 0.15) is 0 Å². The highest BCUT2D eigenvalue weighted by atomic mass is 16.2. The molecule has 1 aliphatic heterocycles. The van der Waals surface area contributed by atoms with E-state index in [0.717, 1.165) is 38.9 Å². The Morgan fingerprint density at radius 1 is 0.909 bits per heavy atom. The highest BCUT2D eigenvalue weighted by molar-refractivity contribution is 5.82. The van der Waals surface area contributed by atoms with Gasteiger partial charge < -0.3 is 10.6 Å². The molecule has 0 saturated carbocycles. The summed E-state index contributed by atoms with van der Waals surface area (Å²) in [4.78, 5) is 30.9. The lowest BCUT2D eigenvalue weighted by Crippen LogP contribution is -2.43. The summed E-state index contributed by atoms with van der Waals surface area (Å²) in [6.45, 7) is 5.31. The van der Waals surface area contributed by atoms with Crippen LogP contribution in [0.15, 0.2) is 24.5 Å². The van der Waals surface area contributed by atoms with Crippen molar-refractivity contribution in [3.8, 4) is 0 Å². The molecule has 1 saturated heterocycles. The SMILES string of the molecule is CCCCCCCCCCCCNC(=O)CCCNC(=O)C1CCCN1Cc1ccncc1. The minimum atomic E-state index is -0.0664. The lowest BCUT2D eigenvalue weighted by atomic mass is 10.1. The summed E-state index contributed by atoms with van der Waals surface area (Å²) in [7, 11) is 0. The largest absolute Gasteiger partial charge is 0.356 e. The Kier molecular flexibility index (Phi) is 14.5. The Morgan fingerprint density at radius 2 is 1.55 bits per heavy atom. The molecule has 186 valence electrons. The molecule has 1 fully saturated rings. The second-order valence-electron chi connectivity index (χ2n) is 9.41. The third kappa shape index (κ3) is 12.2. The predicted octanol–water partition coefficient (Wildman–Crippen LogP) is 4.98. The van der Waals surface area contributed by atoms with E-state index in [-0.39, 0.29) is 17.9 Å². The zero-order chi connectivity index (χ0) is 23.6. The van der Waals surface area contributed by atoms with Crippen molar-refractivity contribution in [1.82, 2.24) is 20.5 Å². The number of nitrogens with zero attached hydrogens (tertiary/aromatic N) is 2. The van der Waals surface area contributed by atoms with Crippen molar-refractivity contribution in [3.05, 3.63) is 30.1 Å². The first-order valence-corrected chi connectivity index (χ1v) is 13.4. The van der Waals surface area contributed by atoms with E-state index in [9.17, 15) is 9.59 Å². The monoisotopic (exact) mass is 458 g/mol. The number of unbranched alkanes of at least 4 members (excludes halogenated alkanes) is 9. The molecule has 0 aromatic carbocycles. The Labute approximate surface area is 201 Å². The van der Waals surface area contributed by atoms with E-state index in [0.29, 0.717) is 19.4 Å². The van der Waals surface area contributed by atoms with E-state index >= 15 is 0 Å². The summed E-state index contributed by atoms with van der Waals surface area (Å²) in [5.74, 6) is 0.188. The van der Waals surface area contributed by atoms with Gasteiger partial charge in [0.15, 0.2) is 0 Å². The summed E-state index contributed by atoms with van der Waals surface area (Å²) in [5, 5.41) is 6.06. The van der Waals surface area contributed by atoms with Gasteiger partial charge in [-0.1, -0.05) is 64.7 Å². The fourth-order valence-electron chi connectivity index (χ4n) is 4.54. The van der Waals surface area contributed by atoms with E-state index in [1.165, 1.54) is 63.4 Å². The standard InChI is InChI=1S/C27H46N4O2/c1-2-3-4-5-6-7-8-9-10-11-18-29-26(32)15-12-19-30-27(33)25-14-13-22-31(25)23-24-16-20-28-21-17-24/h16-17,20-21,25H,2-15,18-19,22-23H2,1H3,(H,29,32)(H,30,33). The van der Waals surface area contributed by atoms with Gasteiger partial charge >= 0.3 is 0 Å². The molecule has 0 spiro atoms. The number of likely N-dealkylation sites (tertiary alicyclic amines) is 1. The van der Waals surface area contributed by atoms with Crippen LogP contribution >= 0.6 is 0 Å².